The average Bonchev–Trinajstić information content (AvgIpc) is 3.08. The largest absolute Gasteiger partial charge is 0.301 e. The van der Waals surface area contributed by atoms with Gasteiger partial charge in [-0.2, -0.15) is 0 Å². The maximum atomic E-state index is 13.0. The molecule has 2 aromatic carbocycles. The first-order valence-corrected chi connectivity index (χ1v) is 10.2. The van der Waals surface area contributed by atoms with E-state index in [9.17, 15) is 9.59 Å². The number of Topliss-reactive ketones (excluding diaryl/α,β-unsaturated/α-hetero) is 1. The molecule has 1 amide bonds. The van der Waals surface area contributed by atoms with Gasteiger partial charge in [0.25, 0.3) is 0 Å². The van der Waals surface area contributed by atoms with E-state index >= 15 is 0 Å². The molecule has 0 saturated carbocycles. The van der Waals surface area contributed by atoms with E-state index in [4.69, 9.17) is 11.6 Å². The summed E-state index contributed by atoms with van der Waals surface area (Å²) in [6, 6.07) is 16.8. The van der Waals surface area contributed by atoms with E-state index in [-0.39, 0.29) is 23.5 Å². The van der Waals surface area contributed by atoms with Crippen molar-refractivity contribution in [1.29, 1.82) is 0 Å². The minimum Gasteiger partial charge on any atom is -0.301 e. The summed E-state index contributed by atoms with van der Waals surface area (Å²) in [7, 11) is 0. The van der Waals surface area contributed by atoms with Crippen molar-refractivity contribution in [3.8, 4) is 11.3 Å². The van der Waals surface area contributed by atoms with Crippen LogP contribution in [0.3, 0.4) is 0 Å². The van der Waals surface area contributed by atoms with Crippen LogP contribution in [-0.2, 0) is 4.79 Å². The van der Waals surface area contributed by atoms with Crippen molar-refractivity contribution in [3.63, 3.8) is 0 Å². The molecule has 28 heavy (non-hydrogen) atoms. The molecule has 0 aliphatic heterocycles. The minimum absolute atomic E-state index is 0.0741. The highest BCUT2D eigenvalue weighted by molar-refractivity contribution is 7.18. The van der Waals surface area contributed by atoms with Crippen LogP contribution in [0.15, 0.2) is 54.6 Å². The number of anilines is 1. The van der Waals surface area contributed by atoms with Crippen LogP contribution >= 0.6 is 22.9 Å². The van der Waals surface area contributed by atoms with Gasteiger partial charge in [0.2, 0.25) is 5.91 Å². The minimum atomic E-state index is -0.345. The number of carbonyl (C=O) groups is 2. The molecule has 1 atom stereocenters. The Morgan fingerprint density at radius 2 is 1.68 bits per heavy atom. The molecular formula is C22H21ClN2O2S. The van der Waals surface area contributed by atoms with Gasteiger partial charge in [0.1, 0.15) is 0 Å². The molecule has 3 rings (SSSR count). The molecule has 0 aliphatic carbocycles. The van der Waals surface area contributed by atoms with E-state index in [1.165, 1.54) is 18.3 Å². The molecule has 144 valence electrons. The number of halogens is 1. The number of amides is 1. The van der Waals surface area contributed by atoms with Gasteiger partial charge in [-0.1, -0.05) is 79.2 Å². The Morgan fingerprint density at radius 1 is 1.04 bits per heavy atom. The Balaban J connectivity index is 1.90. The second-order valence-corrected chi connectivity index (χ2v) is 8.32. The first-order valence-electron chi connectivity index (χ1n) is 9.00. The Bertz CT molecular complexity index is 982. The number of benzene rings is 2. The number of hydrogen-bond donors (Lipinski definition) is 1. The summed E-state index contributed by atoms with van der Waals surface area (Å²) < 4.78 is 0. The molecule has 1 N–H and O–H groups in total. The third kappa shape index (κ3) is 4.49. The fourth-order valence-corrected chi connectivity index (χ4v) is 4.11. The Kier molecular flexibility index (Phi) is 6.27. The standard InChI is InChI=1S/C22H21ClN2O2S/c1-13(2)18(15-9-11-17(23)12-10-15)21(27)25-22-24-19(20(28-22)14(3)26)16-7-5-4-6-8-16/h4-13,18H,1-3H3,(H,24,25,27)/t18-/m1/s1. The molecule has 0 spiro atoms. The van der Waals surface area contributed by atoms with Gasteiger partial charge < -0.3 is 5.32 Å². The van der Waals surface area contributed by atoms with Crippen LogP contribution in [0.1, 0.15) is 41.9 Å². The third-order valence-corrected chi connectivity index (χ3v) is 5.73. The smallest absolute Gasteiger partial charge is 0.233 e. The number of thiazole rings is 1. The molecule has 1 aromatic heterocycles. The number of rotatable bonds is 6. The lowest BCUT2D eigenvalue weighted by Gasteiger charge is -2.20. The molecule has 6 heteroatoms. The zero-order valence-electron chi connectivity index (χ0n) is 15.9. The number of ketones is 1. The van der Waals surface area contributed by atoms with E-state index in [1.54, 1.807) is 12.1 Å². The number of carbonyl (C=O) groups excluding carboxylic acids is 2. The van der Waals surface area contributed by atoms with E-state index in [2.05, 4.69) is 10.3 Å². The summed E-state index contributed by atoms with van der Waals surface area (Å²) >= 11 is 7.18. The van der Waals surface area contributed by atoms with Crippen molar-refractivity contribution in [1.82, 2.24) is 4.98 Å². The number of nitrogens with zero attached hydrogens (tertiary/aromatic N) is 1. The number of hydrogen-bond acceptors (Lipinski definition) is 4. The van der Waals surface area contributed by atoms with Gasteiger partial charge in [-0.15, -0.1) is 0 Å². The second-order valence-electron chi connectivity index (χ2n) is 6.88. The molecule has 4 nitrogen and oxygen atoms in total. The normalized spacial score (nSPS) is 12.0. The molecular weight excluding hydrogens is 392 g/mol. The van der Waals surface area contributed by atoms with Gasteiger partial charge >= 0.3 is 0 Å². The summed E-state index contributed by atoms with van der Waals surface area (Å²) in [6.45, 7) is 5.50. The zero-order chi connectivity index (χ0) is 20.3. The van der Waals surface area contributed by atoms with Gasteiger partial charge in [0.05, 0.1) is 16.5 Å². The van der Waals surface area contributed by atoms with Gasteiger partial charge in [0, 0.05) is 17.5 Å². The van der Waals surface area contributed by atoms with Crippen molar-refractivity contribution >= 4 is 39.8 Å². The molecule has 0 unspecified atom stereocenters. The Labute approximate surface area is 173 Å². The van der Waals surface area contributed by atoms with E-state index < -0.39 is 0 Å². The van der Waals surface area contributed by atoms with Crippen molar-refractivity contribution in [2.75, 3.05) is 5.32 Å². The highest BCUT2D eigenvalue weighted by Crippen LogP contribution is 2.33. The van der Waals surface area contributed by atoms with Crippen molar-refractivity contribution in [2.24, 2.45) is 5.92 Å². The quantitative estimate of drug-likeness (QED) is 0.501. The van der Waals surface area contributed by atoms with E-state index in [0.29, 0.717) is 20.7 Å². The Hall–Kier alpha value is -2.50. The zero-order valence-corrected chi connectivity index (χ0v) is 17.5. The van der Waals surface area contributed by atoms with Crippen molar-refractivity contribution in [3.05, 3.63) is 70.1 Å². The highest BCUT2D eigenvalue weighted by Gasteiger charge is 2.26. The summed E-state index contributed by atoms with van der Waals surface area (Å²) in [5, 5.41) is 3.96. The maximum Gasteiger partial charge on any atom is 0.233 e. The fourth-order valence-electron chi connectivity index (χ4n) is 3.10. The van der Waals surface area contributed by atoms with Crippen LogP contribution in [0.25, 0.3) is 11.3 Å². The molecule has 3 aromatic rings. The summed E-state index contributed by atoms with van der Waals surface area (Å²) in [5.41, 5.74) is 2.34. The van der Waals surface area contributed by atoms with Crippen molar-refractivity contribution < 1.29 is 9.59 Å². The van der Waals surface area contributed by atoms with Crippen LogP contribution in [0.5, 0.6) is 0 Å². The van der Waals surface area contributed by atoms with Gasteiger partial charge in [-0.05, 0) is 23.6 Å². The maximum absolute atomic E-state index is 13.0. The van der Waals surface area contributed by atoms with E-state index in [0.717, 1.165) is 11.1 Å². The summed E-state index contributed by atoms with van der Waals surface area (Å²) in [5.74, 6) is -0.486. The fraction of sp³-hybridized carbons (Fsp3) is 0.227. The number of nitrogens with one attached hydrogen (secondary N) is 1. The van der Waals surface area contributed by atoms with Crippen LogP contribution in [0, 0.1) is 5.92 Å². The second kappa shape index (κ2) is 8.67. The first kappa shape index (κ1) is 20.2. The summed E-state index contributed by atoms with van der Waals surface area (Å²) in [6.07, 6.45) is 0. The summed E-state index contributed by atoms with van der Waals surface area (Å²) in [4.78, 5) is 30.2. The van der Waals surface area contributed by atoms with E-state index in [1.807, 2.05) is 56.3 Å². The van der Waals surface area contributed by atoms with Crippen LogP contribution in [0.4, 0.5) is 5.13 Å². The molecule has 0 fully saturated rings. The van der Waals surface area contributed by atoms with Gasteiger partial charge in [-0.3, -0.25) is 9.59 Å². The SMILES string of the molecule is CC(=O)c1sc(NC(=O)[C@@H](c2ccc(Cl)cc2)C(C)C)nc1-c1ccccc1. The topological polar surface area (TPSA) is 59.1 Å². The molecule has 1 heterocycles. The predicted octanol–water partition coefficient (Wildman–Crippen LogP) is 6.04. The molecule has 0 aliphatic rings. The Morgan fingerprint density at radius 3 is 2.25 bits per heavy atom. The molecule has 0 radical (unpaired) electrons. The first-order chi connectivity index (χ1) is 13.4. The predicted molar refractivity (Wildman–Crippen MR) is 115 cm³/mol. The van der Waals surface area contributed by atoms with Crippen LogP contribution in [-0.4, -0.2) is 16.7 Å². The molecule has 0 bridgehead atoms. The number of aromatic nitrogens is 1. The average molecular weight is 413 g/mol. The van der Waals surface area contributed by atoms with Crippen LogP contribution in [0.2, 0.25) is 5.02 Å². The van der Waals surface area contributed by atoms with Crippen molar-refractivity contribution in [2.45, 2.75) is 26.7 Å². The molecule has 0 saturated heterocycles. The third-order valence-electron chi connectivity index (χ3n) is 4.40. The van der Waals surface area contributed by atoms with Crippen LogP contribution < -0.4 is 5.32 Å². The monoisotopic (exact) mass is 412 g/mol. The lowest BCUT2D eigenvalue weighted by molar-refractivity contribution is -0.118. The van der Waals surface area contributed by atoms with Gasteiger partial charge in [0.15, 0.2) is 10.9 Å². The lowest BCUT2D eigenvalue weighted by atomic mass is 9.88. The van der Waals surface area contributed by atoms with Gasteiger partial charge in [-0.25, -0.2) is 4.98 Å². The lowest BCUT2D eigenvalue weighted by Crippen LogP contribution is -2.25. The highest BCUT2D eigenvalue weighted by atomic mass is 35.5.